The Morgan fingerprint density at radius 2 is 1.19 bits per heavy atom. The summed E-state index contributed by atoms with van der Waals surface area (Å²) in [6.45, 7) is 21.2. The molecule has 0 fully saturated rings. The standard InChI is InChI=1S/C28H50N2O/c1-22(2)13-10-14-25(7)15-11-16-26(8)17-12-18-27(9)21-28(31)29-19-20-30(23(3)4)24(5)6/h13,15,17,21,23-24H,10-12,14,16,18-20H2,1-9H3,(H,29,31). The largest absolute Gasteiger partial charge is 0.351 e. The van der Waals surface area contributed by atoms with Crippen molar-refractivity contribution < 1.29 is 4.79 Å². The molecule has 0 spiro atoms. The van der Waals surface area contributed by atoms with E-state index in [1.54, 1.807) is 6.08 Å². The number of carbonyl (C=O) groups is 1. The van der Waals surface area contributed by atoms with E-state index in [1.165, 1.54) is 16.7 Å². The maximum absolute atomic E-state index is 12.2. The Morgan fingerprint density at radius 1 is 0.742 bits per heavy atom. The van der Waals surface area contributed by atoms with Gasteiger partial charge in [0.05, 0.1) is 0 Å². The highest BCUT2D eigenvalue weighted by Crippen LogP contribution is 2.13. The van der Waals surface area contributed by atoms with Gasteiger partial charge in [-0.25, -0.2) is 0 Å². The van der Waals surface area contributed by atoms with Crippen molar-refractivity contribution in [1.82, 2.24) is 10.2 Å². The lowest BCUT2D eigenvalue weighted by atomic mass is 10.0. The summed E-state index contributed by atoms with van der Waals surface area (Å²) in [7, 11) is 0. The van der Waals surface area contributed by atoms with Crippen LogP contribution >= 0.6 is 0 Å². The smallest absolute Gasteiger partial charge is 0.243 e. The average molecular weight is 431 g/mol. The summed E-state index contributed by atoms with van der Waals surface area (Å²) < 4.78 is 0. The molecule has 1 amide bonds. The normalized spacial score (nSPS) is 13.4. The van der Waals surface area contributed by atoms with E-state index in [0.717, 1.165) is 50.6 Å². The summed E-state index contributed by atoms with van der Waals surface area (Å²) in [5.74, 6) is 0.0272. The third-order valence-electron chi connectivity index (χ3n) is 5.53. The average Bonchev–Trinajstić information content (AvgIpc) is 2.64. The Labute approximate surface area is 193 Å². The Bertz CT molecular complexity index is 623. The highest BCUT2D eigenvalue weighted by atomic mass is 16.1. The molecule has 31 heavy (non-hydrogen) atoms. The van der Waals surface area contributed by atoms with Crippen LogP contribution in [-0.4, -0.2) is 36.0 Å². The van der Waals surface area contributed by atoms with Crippen molar-refractivity contribution in [2.75, 3.05) is 13.1 Å². The first-order valence-corrected chi connectivity index (χ1v) is 12.2. The van der Waals surface area contributed by atoms with Gasteiger partial charge in [-0.2, -0.15) is 0 Å². The maximum Gasteiger partial charge on any atom is 0.243 e. The molecule has 1 N–H and O–H groups in total. The van der Waals surface area contributed by atoms with Crippen molar-refractivity contribution in [2.45, 2.75) is 113 Å². The van der Waals surface area contributed by atoms with Gasteiger partial charge in [-0.15, -0.1) is 0 Å². The summed E-state index contributed by atoms with van der Waals surface area (Å²) in [4.78, 5) is 14.6. The van der Waals surface area contributed by atoms with Gasteiger partial charge in [0.25, 0.3) is 0 Å². The van der Waals surface area contributed by atoms with Gasteiger partial charge in [0.15, 0.2) is 0 Å². The summed E-state index contributed by atoms with van der Waals surface area (Å²) in [6.07, 6.45) is 15.2. The number of hydrogen-bond donors (Lipinski definition) is 1. The Hall–Kier alpha value is -1.61. The van der Waals surface area contributed by atoms with Crippen LogP contribution < -0.4 is 5.32 Å². The summed E-state index contributed by atoms with van der Waals surface area (Å²) in [5.41, 5.74) is 5.46. The van der Waals surface area contributed by atoms with Gasteiger partial charge in [-0.3, -0.25) is 9.69 Å². The number of carbonyl (C=O) groups excluding carboxylic acids is 1. The second-order valence-electron chi connectivity index (χ2n) is 9.71. The molecule has 0 aromatic heterocycles. The van der Waals surface area contributed by atoms with Crippen molar-refractivity contribution in [2.24, 2.45) is 0 Å². The summed E-state index contributed by atoms with van der Waals surface area (Å²) >= 11 is 0. The lowest BCUT2D eigenvalue weighted by Crippen LogP contribution is -2.42. The van der Waals surface area contributed by atoms with Crippen molar-refractivity contribution in [3.63, 3.8) is 0 Å². The van der Waals surface area contributed by atoms with Crippen LogP contribution in [0.15, 0.2) is 46.6 Å². The zero-order chi connectivity index (χ0) is 23.8. The highest BCUT2D eigenvalue weighted by molar-refractivity contribution is 5.88. The third-order valence-corrected chi connectivity index (χ3v) is 5.53. The molecule has 0 aromatic rings. The minimum Gasteiger partial charge on any atom is -0.351 e. The topological polar surface area (TPSA) is 32.3 Å². The molecular weight excluding hydrogens is 380 g/mol. The quantitative estimate of drug-likeness (QED) is 0.217. The fourth-order valence-electron chi connectivity index (χ4n) is 3.65. The Morgan fingerprint density at radius 3 is 1.65 bits per heavy atom. The van der Waals surface area contributed by atoms with Gasteiger partial charge in [-0.1, -0.05) is 40.5 Å². The van der Waals surface area contributed by atoms with E-state index >= 15 is 0 Å². The molecule has 0 bridgehead atoms. The predicted octanol–water partition coefficient (Wildman–Crippen LogP) is 7.37. The first kappa shape index (κ1) is 29.4. The van der Waals surface area contributed by atoms with Crippen LogP contribution in [0.4, 0.5) is 0 Å². The molecule has 0 rings (SSSR count). The van der Waals surface area contributed by atoms with E-state index in [1.807, 2.05) is 0 Å². The molecule has 0 saturated heterocycles. The van der Waals surface area contributed by atoms with E-state index in [0.29, 0.717) is 18.6 Å². The van der Waals surface area contributed by atoms with Crippen molar-refractivity contribution in [1.29, 1.82) is 0 Å². The predicted molar refractivity (Wildman–Crippen MR) is 138 cm³/mol. The molecule has 0 atom stereocenters. The number of nitrogens with zero attached hydrogens (tertiary/aromatic N) is 1. The van der Waals surface area contributed by atoms with Crippen LogP contribution in [0.25, 0.3) is 0 Å². The monoisotopic (exact) mass is 430 g/mol. The molecule has 0 radical (unpaired) electrons. The second kappa shape index (κ2) is 17.0. The lowest BCUT2D eigenvalue weighted by molar-refractivity contribution is -0.116. The number of amides is 1. The van der Waals surface area contributed by atoms with Gasteiger partial charge in [0, 0.05) is 31.2 Å². The van der Waals surface area contributed by atoms with E-state index in [2.05, 4.69) is 90.8 Å². The molecular formula is C28H50N2O. The Balaban J connectivity index is 4.21. The fraction of sp³-hybridized carbons (Fsp3) is 0.679. The van der Waals surface area contributed by atoms with Crippen LogP contribution in [0.1, 0.15) is 101 Å². The van der Waals surface area contributed by atoms with Crippen LogP contribution in [0.5, 0.6) is 0 Å². The van der Waals surface area contributed by atoms with Crippen LogP contribution in [0.3, 0.4) is 0 Å². The second-order valence-corrected chi connectivity index (χ2v) is 9.71. The molecule has 0 aromatic carbocycles. The minimum atomic E-state index is 0.0272. The SMILES string of the molecule is CC(C)=CCCC(C)=CCCC(C)=CCCC(C)=CC(=O)NCCN(C(C)C)C(C)C. The van der Waals surface area contributed by atoms with Crippen LogP contribution in [0, 0.1) is 0 Å². The van der Waals surface area contributed by atoms with Gasteiger partial charge < -0.3 is 5.32 Å². The van der Waals surface area contributed by atoms with E-state index < -0.39 is 0 Å². The molecule has 3 heteroatoms. The van der Waals surface area contributed by atoms with Crippen LogP contribution in [-0.2, 0) is 4.79 Å². The van der Waals surface area contributed by atoms with Gasteiger partial charge >= 0.3 is 0 Å². The van der Waals surface area contributed by atoms with E-state index in [9.17, 15) is 4.79 Å². The molecule has 178 valence electrons. The number of allylic oxidation sites excluding steroid dienone is 7. The highest BCUT2D eigenvalue weighted by Gasteiger charge is 2.12. The van der Waals surface area contributed by atoms with Gasteiger partial charge in [-0.05, 0) is 101 Å². The molecule has 0 unspecified atom stereocenters. The number of nitrogens with one attached hydrogen (secondary N) is 1. The maximum atomic E-state index is 12.2. The molecule has 0 saturated carbocycles. The van der Waals surface area contributed by atoms with Crippen LogP contribution in [0.2, 0.25) is 0 Å². The van der Waals surface area contributed by atoms with E-state index in [-0.39, 0.29) is 5.91 Å². The van der Waals surface area contributed by atoms with Crippen molar-refractivity contribution >= 4 is 5.91 Å². The van der Waals surface area contributed by atoms with Gasteiger partial charge in [0.2, 0.25) is 5.91 Å². The molecule has 0 aliphatic rings. The summed E-state index contributed by atoms with van der Waals surface area (Å²) in [5, 5.41) is 3.03. The van der Waals surface area contributed by atoms with Crippen molar-refractivity contribution in [3.8, 4) is 0 Å². The zero-order valence-electron chi connectivity index (χ0n) is 22.0. The number of rotatable bonds is 15. The molecule has 0 heterocycles. The zero-order valence-corrected chi connectivity index (χ0v) is 22.0. The molecule has 0 aliphatic carbocycles. The molecule has 0 aliphatic heterocycles. The third kappa shape index (κ3) is 16.7. The minimum absolute atomic E-state index is 0.0272. The first-order chi connectivity index (χ1) is 14.5. The lowest BCUT2D eigenvalue weighted by Gasteiger charge is -2.30. The molecule has 3 nitrogen and oxygen atoms in total. The fourth-order valence-corrected chi connectivity index (χ4v) is 3.65. The Kier molecular flexibility index (Phi) is 16.1. The van der Waals surface area contributed by atoms with Crippen molar-refractivity contribution in [3.05, 3.63) is 46.6 Å². The first-order valence-electron chi connectivity index (χ1n) is 12.2. The van der Waals surface area contributed by atoms with E-state index in [4.69, 9.17) is 0 Å². The summed E-state index contributed by atoms with van der Waals surface area (Å²) in [6, 6.07) is 0.984. The number of hydrogen-bond acceptors (Lipinski definition) is 2. The van der Waals surface area contributed by atoms with Gasteiger partial charge in [0.1, 0.15) is 0 Å².